The van der Waals surface area contributed by atoms with Gasteiger partial charge in [-0.05, 0) is 18.1 Å². The minimum Gasteiger partial charge on any atom is -0.481 e. The Hall–Kier alpha value is -0.870. The van der Waals surface area contributed by atoms with E-state index in [-0.39, 0.29) is 12.5 Å². The Morgan fingerprint density at radius 1 is 1.53 bits per heavy atom. The van der Waals surface area contributed by atoms with Gasteiger partial charge in [0.1, 0.15) is 0 Å². The number of aliphatic carboxylic acids is 1. The van der Waals surface area contributed by atoms with E-state index in [9.17, 15) is 9.90 Å². The monoisotopic (exact) mass is 270 g/mol. The number of rotatable bonds is 3. The number of aliphatic hydroxyl groups is 1. The lowest BCUT2D eigenvalue weighted by molar-refractivity contribution is -0.140. The molecule has 4 heteroatoms. The maximum Gasteiger partial charge on any atom is 0.314 e. The van der Waals surface area contributed by atoms with Gasteiger partial charge in [0.05, 0.1) is 5.41 Å². The van der Waals surface area contributed by atoms with Gasteiger partial charge in [-0.3, -0.25) is 4.79 Å². The zero-order valence-corrected chi connectivity index (χ0v) is 9.57. The Bertz CT molecular complexity index is 405. The number of aliphatic hydroxyl groups excluding tert-OH is 1. The quantitative estimate of drug-likeness (QED) is 0.881. The number of hydrogen-bond acceptors (Lipinski definition) is 2. The highest BCUT2D eigenvalue weighted by molar-refractivity contribution is 9.10. The summed E-state index contributed by atoms with van der Waals surface area (Å²) in [7, 11) is 0. The van der Waals surface area contributed by atoms with Crippen molar-refractivity contribution in [1.29, 1.82) is 0 Å². The molecule has 0 spiro atoms. The number of carboxylic acid groups (broad SMARTS) is 1. The molecule has 15 heavy (non-hydrogen) atoms. The van der Waals surface area contributed by atoms with Gasteiger partial charge in [0, 0.05) is 17.0 Å². The molecule has 1 fully saturated rings. The number of hydrogen-bond donors (Lipinski definition) is 2. The molecule has 1 aliphatic carbocycles. The van der Waals surface area contributed by atoms with E-state index in [1.54, 1.807) is 6.07 Å². The second-order valence-corrected chi connectivity index (χ2v) is 4.69. The second-order valence-electron chi connectivity index (χ2n) is 3.84. The smallest absolute Gasteiger partial charge is 0.314 e. The van der Waals surface area contributed by atoms with Crippen molar-refractivity contribution in [2.45, 2.75) is 11.8 Å². The van der Waals surface area contributed by atoms with Crippen LogP contribution in [0.2, 0.25) is 0 Å². The van der Waals surface area contributed by atoms with E-state index in [0.29, 0.717) is 6.42 Å². The van der Waals surface area contributed by atoms with E-state index in [2.05, 4.69) is 15.9 Å². The van der Waals surface area contributed by atoms with E-state index in [0.717, 1.165) is 10.0 Å². The fourth-order valence-electron chi connectivity index (χ4n) is 2.08. The summed E-state index contributed by atoms with van der Waals surface area (Å²) in [4.78, 5) is 11.3. The summed E-state index contributed by atoms with van der Waals surface area (Å²) in [6.45, 7) is -0.0758. The van der Waals surface area contributed by atoms with E-state index < -0.39 is 11.4 Å². The summed E-state index contributed by atoms with van der Waals surface area (Å²) < 4.78 is 0.795. The molecule has 80 valence electrons. The maximum absolute atomic E-state index is 11.3. The summed E-state index contributed by atoms with van der Waals surface area (Å²) in [5, 5.41) is 18.3. The van der Waals surface area contributed by atoms with Crippen molar-refractivity contribution < 1.29 is 15.0 Å². The lowest BCUT2D eigenvalue weighted by Gasteiger charge is -2.13. The highest BCUT2D eigenvalue weighted by atomic mass is 79.9. The van der Waals surface area contributed by atoms with E-state index >= 15 is 0 Å². The van der Waals surface area contributed by atoms with Crippen molar-refractivity contribution in [1.82, 2.24) is 0 Å². The molecule has 1 saturated carbocycles. The maximum atomic E-state index is 11.3. The lowest BCUT2D eigenvalue weighted by Crippen LogP contribution is -2.24. The number of benzene rings is 1. The van der Waals surface area contributed by atoms with Gasteiger partial charge in [0.2, 0.25) is 0 Å². The van der Waals surface area contributed by atoms with Crippen molar-refractivity contribution in [2.75, 3.05) is 6.61 Å². The Morgan fingerprint density at radius 2 is 2.20 bits per heavy atom. The molecule has 0 bridgehead atoms. The number of carbonyl (C=O) groups is 1. The molecule has 0 saturated heterocycles. The van der Waals surface area contributed by atoms with Crippen molar-refractivity contribution in [3.8, 4) is 0 Å². The highest BCUT2D eigenvalue weighted by Crippen LogP contribution is 2.55. The van der Waals surface area contributed by atoms with Crippen LogP contribution in [0.1, 0.15) is 12.0 Å². The molecule has 1 aromatic rings. The fourth-order valence-corrected chi connectivity index (χ4v) is 2.72. The molecule has 0 aliphatic heterocycles. The summed E-state index contributed by atoms with van der Waals surface area (Å²) in [5.41, 5.74) is -0.119. The molecule has 2 atom stereocenters. The van der Waals surface area contributed by atoms with Crippen molar-refractivity contribution in [2.24, 2.45) is 5.92 Å². The standard InChI is InChI=1S/C11H11BrO3/c12-9-4-2-1-3-8(9)11(10(14)15)5-7(11)6-13/h1-4,7,13H,5-6H2,(H,14,15). The first-order valence-corrected chi connectivity index (χ1v) is 5.51. The lowest BCUT2D eigenvalue weighted by atomic mass is 9.93. The van der Waals surface area contributed by atoms with Crippen molar-refractivity contribution >= 4 is 21.9 Å². The zero-order valence-electron chi connectivity index (χ0n) is 7.98. The Balaban J connectivity index is 2.45. The normalized spacial score (nSPS) is 28.8. The van der Waals surface area contributed by atoms with Gasteiger partial charge in [0.25, 0.3) is 0 Å². The highest BCUT2D eigenvalue weighted by Gasteiger charge is 2.61. The molecule has 3 nitrogen and oxygen atoms in total. The molecular formula is C11H11BrO3. The molecule has 0 amide bonds. The van der Waals surface area contributed by atoms with E-state index in [1.165, 1.54) is 0 Å². The Kier molecular flexibility index (Phi) is 2.56. The van der Waals surface area contributed by atoms with Gasteiger partial charge >= 0.3 is 5.97 Å². The predicted octanol–water partition coefficient (Wildman–Crippen LogP) is 1.78. The van der Waals surface area contributed by atoms with Gasteiger partial charge in [-0.1, -0.05) is 34.1 Å². The first-order valence-electron chi connectivity index (χ1n) is 4.72. The molecule has 1 aromatic carbocycles. The van der Waals surface area contributed by atoms with Crippen LogP contribution < -0.4 is 0 Å². The first kappa shape index (κ1) is 10.6. The van der Waals surface area contributed by atoms with Crippen molar-refractivity contribution in [3.05, 3.63) is 34.3 Å². The molecule has 0 heterocycles. The number of carboxylic acids is 1. The van der Waals surface area contributed by atoms with Crippen LogP contribution in [-0.2, 0) is 10.2 Å². The third-order valence-electron chi connectivity index (χ3n) is 3.06. The van der Waals surface area contributed by atoms with Crippen LogP contribution in [0.4, 0.5) is 0 Å². The van der Waals surface area contributed by atoms with Crippen LogP contribution in [0.5, 0.6) is 0 Å². The molecule has 0 aromatic heterocycles. The van der Waals surface area contributed by atoms with Crippen LogP contribution >= 0.6 is 15.9 Å². The summed E-state index contributed by atoms with van der Waals surface area (Å²) in [6, 6.07) is 7.29. The minimum absolute atomic E-state index is 0.0758. The molecule has 0 radical (unpaired) electrons. The molecule has 2 rings (SSSR count). The average Bonchev–Trinajstić information content (AvgIpc) is 2.94. The van der Waals surface area contributed by atoms with Crippen LogP contribution in [0.15, 0.2) is 28.7 Å². The SMILES string of the molecule is O=C(O)C1(c2ccccc2Br)CC1CO. The van der Waals surface area contributed by atoms with E-state index in [4.69, 9.17) is 5.11 Å². The predicted molar refractivity (Wildman–Crippen MR) is 58.6 cm³/mol. The summed E-state index contributed by atoms with van der Waals surface area (Å²) in [5.74, 6) is -1.01. The topological polar surface area (TPSA) is 57.5 Å². The zero-order chi connectivity index (χ0) is 11.1. The molecular weight excluding hydrogens is 260 g/mol. The van der Waals surface area contributed by atoms with Crippen LogP contribution in [0.25, 0.3) is 0 Å². The Morgan fingerprint density at radius 3 is 2.67 bits per heavy atom. The third kappa shape index (κ3) is 1.48. The number of halogens is 1. The average molecular weight is 271 g/mol. The minimum atomic E-state index is -0.880. The van der Waals surface area contributed by atoms with Crippen LogP contribution in [0, 0.1) is 5.92 Å². The van der Waals surface area contributed by atoms with Crippen LogP contribution in [0.3, 0.4) is 0 Å². The van der Waals surface area contributed by atoms with Gasteiger partial charge in [0.15, 0.2) is 0 Å². The Labute approximate surface area is 95.9 Å². The molecule has 2 N–H and O–H groups in total. The van der Waals surface area contributed by atoms with Crippen molar-refractivity contribution in [3.63, 3.8) is 0 Å². The molecule has 1 aliphatic rings. The van der Waals surface area contributed by atoms with Gasteiger partial charge in [-0.15, -0.1) is 0 Å². The summed E-state index contributed by atoms with van der Waals surface area (Å²) in [6.07, 6.45) is 0.515. The first-order chi connectivity index (χ1) is 7.13. The van der Waals surface area contributed by atoms with Gasteiger partial charge in [-0.25, -0.2) is 0 Å². The van der Waals surface area contributed by atoms with Gasteiger partial charge < -0.3 is 10.2 Å². The van der Waals surface area contributed by atoms with Crippen LogP contribution in [-0.4, -0.2) is 22.8 Å². The van der Waals surface area contributed by atoms with E-state index in [1.807, 2.05) is 18.2 Å². The fraction of sp³-hybridized carbons (Fsp3) is 0.364. The summed E-state index contributed by atoms with van der Waals surface area (Å²) >= 11 is 3.35. The second kappa shape index (κ2) is 3.61. The largest absolute Gasteiger partial charge is 0.481 e. The third-order valence-corrected chi connectivity index (χ3v) is 3.75. The molecule has 2 unspecified atom stereocenters. The van der Waals surface area contributed by atoms with Gasteiger partial charge in [-0.2, -0.15) is 0 Å².